The molecule has 0 spiro atoms. The average Bonchev–Trinajstić information content (AvgIpc) is 2.86. The monoisotopic (exact) mass is 256 g/mol. The van der Waals surface area contributed by atoms with Gasteiger partial charge in [0.1, 0.15) is 12.3 Å². The van der Waals surface area contributed by atoms with Gasteiger partial charge in [-0.15, -0.1) is 0 Å². The summed E-state index contributed by atoms with van der Waals surface area (Å²) in [6.45, 7) is 0.148. The lowest BCUT2D eigenvalue weighted by Gasteiger charge is -2.04. The Balaban J connectivity index is 2.09. The molecule has 2 rings (SSSR count). The minimum Gasteiger partial charge on any atom is -0.497 e. The molecule has 0 saturated carbocycles. The number of methoxy groups -OCH3 is 1. The molecule has 0 unspecified atom stereocenters. The van der Waals surface area contributed by atoms with E-state index in [-0.39, 0.29) is 12.5 Å². The van der Waals surface area contributed by atoms with Crippen LogP contribution in [0.5, 0.6) is 5.75 Å². The maximum atomic E-state index is 12.0. The zero-order chi connectivity index (χ0) is 13.7. The van der Waals surface area contributed by atoms with Crippen LogP contribution in [0.2, 0.25) is 0 Å². The van der Waals surface area contributed by atoms with Gasteiger partial charge in [-0.25, -0.2) is 0 Å². The number of nitrogens with zero attached hydrogens (tertiary/aromatic N) is 3. The zero-order valence-corrected chi connectivity index (χ0v) is 10.3. The molecule has 1 amide bonds. The predicted octanol–water partition coefficient (Wildman–Crippen LogP) is 1.67. The standard InChI is InChI=1S/C13H12N4O2/c1-19-11-4-2-3-10(9-11)13(18)15-12-5-7-17(16-12)8-6-14/h2-5,7,9H,8H2,1H3,(H,15,16,18). The van der Waals surface area contributed by atoms with Gasteiger partial charge in [0.15, 0.2) is 5.82 Å². The first-order chi connectivity index (χ1) is 9.22. The van der Waals surface area contributed by atoms with Gasteiger partial charge in [0, 0.05) is 17.8 Å². The number of aromatic nitrogens is 2. The Hall–Kier alpha value is -2.81. The van der Waals surface area contributed by atoms with Crippen molar-refractivity contribution in [3.8, 4) is 11.8 Å². The molecule has 0 fully saturated rings. The minimum atomic E-state index is -0.277. The molecule has 0 aliphatic rings. The van der Waals surface area contributed by atoms with Gasteiger partial charge >= 0.3 is 0 Å². The van der Waals surface area contributed by atoms with Crippen molar-refractivity contribution in [1.82, 2.24) is 9.78 Å². The van der Waals surface area contributed by atoms with Crippen LogP contribution >= 0.6 is 0 Å². The summed E-state index contributed by atoms with van der Waals surface area (Å²) >= 11 is 0. The van der Waals surface area contributed by atoms with Crippen LogP contribution in [-0.4, -0.2) is 22.8 Å². The number of hydrogen-bond donors (Lipinski definition) is 1. The number of hydrogen-bond acceptors (Lipinski definition) is 4. The lowest BCUT2D eigenvalue weighted by Crippen LogP contribution is -2.12. The molecule has 1 aromatic carbocycles. The van der Waals surface area contributed by atoms with Crippen LogP contribution in [0, 0.1) is 11.3 Å². The van der Waals surface area contributed by atoms with Gasteiger partial charge in [0.25, 0.3) is 5.91 Å². The molecule has 6 heteroatoms. The predicted molar refractivity (Wildman–Crippen MR) is 68.8 cm³/mol. The van der Waals surface area contributed by atoms with Gasteiger partial charge in [0.05, 0.1) is 13.2 Å². The van der Waals surface area contributed by atoms with Crippen molar-refractivity contribution in [3.63, 3.8) is 0 Å². The molecule has 2 aromatic rings. The molecule has 1 aromatic heterocycles. The summed E-state index contributed by atoms with van der Waals surface area (Å²) in [5.41, 5.74) is 0.481. The van der Waals surface area contributed by atoms with Crippen molar-refractivity contribution in [2.24, 2.45) is 0 Å². The molecule has 0 radical (unpaired) electrons. The number of nitrogens with one attached hydrogen (secondary N) is 1. The summed E-state index contributed by atoms with van der Waals surface area (Å²) in [4.78, 5) is 12.0. The fourth-order valence-corrected chi connectivity index (χ4v) is 1.54. The number of ether oxygens (including phenoxy) is 1. The molecule has 19 heavy (non-hydrogen) atoms. The van der Waals surface area contributed by atoms with Crippen molar-refractivity contribution in [3.05, 3.63) is 42.1 Å². The molecule has 0 aliphatic heterocycles. The second-order valence-corrected chi connectivity index (χ2v) is 3.74. The molecule has 6 nitrogen and oxygen atoms in total. The van der Waals surface area contributed by atoms with E-state index in [1.54, 1.807) is 43.6 Å². The molecule has 1 heterocycles. The summed E-state index contributed by atoms with van der Waals surface area (Å²) < 4.78 is 6.50. The van der Waals surface area contributed by atoms with Crippen LogP contribution in [0.4, 0.5) is 5.82 Å². The first-order valence-corrected chi connectivity index (χ1v) is 5.59. The second-order valence-electron chi connectivity index (χ2n) is 3.74. The van der Waals surface area contributed by atoms with Crippen LogP contribution in [0.3, 0.4) is 0 Å². The van der Waals surface area contributed by atoms with Crippen molar-refractivity contribution < 1.29 is 9.53 Å². The van der Waals surface area contributed by atoms with Crippen molar-refractivity contribution in [2.75, 3.05) is 12.4 Å². The highest BCUT2D eigenvalue weighted by Gasteiger charge is 2.08. The number of amides is 1. The summed E-state index contributed by atoms with van der Waals surface area (Å²) in [5.74, 6) is 0.742. The quantitative estimate of drug-likeness (QED) is 0.902. The lowest BCUT2D eigenvalue weighted by atomic mass is 10.2. The second kappa shape index (κ2) is 5.69. The highest BCUT2D eigenvalue weighted by molar-refractivity contribution is 6.03. The average molecular weight is 256 g/mol. The first-order valence-electron chi connectivity index (χ1n) is 5.59. The fraction of sp³-hybridized carbons (Fsp3) is 0.154. The Morgan fingerprint density at radius 2 is 2.37 bits per heavy atom. The van der Waals surface area contributed by atoms with Crippen molar-refractivity contribution in [2.45, 2.75) is 6.54 Å². The third-order valence-electron chi connectivity index (χ3n) is 2.45. The Labute approximate surface area is 110 Å². The summed E-state index contributed by atoms with van der Waals surface area (Å²) in [5, 5.41) is 15.2. The number of carbonyl (C=O) groups excluding carboxylic acids is 1. The first kappa shape index (κ1) is 12.6. The normalized spacial score (nSPS) is 9.68. The molecular formula is C13H12N4O2. The van der Waals surface area contributed by atoms with Crippen LogP contribution in [0.25, 0.3) is 0 Å². The van der Waals surface area contributed by atoms with Gasteiger partial charge in [-0.1, -0.05) is 6.07 Å². The Morgan fingerprint density at radius 1 is 1.53 bits per heavy atom. The Kier molecular flexibility index (Phi) is 3.78. The third kappa shape index (κ3) is 3.10. The van der Waals surface area contributed by atoms with Gasteiger partial charge in [-0.3, -0.25) is 9.48 Å². The highest BCUT2D eigenvalue weighted by atomic mass is 16.5. The van der Waals surface area contributed by atoms with Crippen LogP contribution < -0.4 is 10.1 Å². The summed E-state index contributed by atoms with van der Waals surface area (Å²) in [7, 11) is 1.54. The van der Waals surface area contributed by atoms with E-state index in [2.05, 4.69) is 10.4 Å². The van der Waals surface area contributed by atoms with E-state index in [9.17, 15) is 4.79 Å². The van der Waals surface area contributed by atoms with E-state index in [0.717, 1.165) is 0 Å². The zero-order valence-electron chi connectivity index (χ0n) is 10.3. The fourth-order valence-electron chi connectivity index (χ4n) is 1.54. The highest BCUT2D eigenvalue weighted by Crippen LogP contribution is 2.14. The minimum absolute atomic E-state index is 0.148. The summed E-state index contributed by atoms with van der Waals surface area (Å²) in [6, 6.07) is 10.4. The van der Waals surface area contributed by atoms with Crippen molar-refractivity contribution >= 4 is 11.7 Å². The number of rotatable bonds is 4. The van der Waals surface area contributed by atoms with Gasteiger partial charge in [-0.2, -0.15) is 10.4 Å². The molecule has 0 saturated heterocycles. The molecule has 0 atom stereocenters. The maximum Gasteiger partial charge on any atom is 0.256 e. The lowest BCUT2D eigenvalue weighted by molar-refractivity contribution is 0.102. The smallest absolute Gasteiger partial charge is 0.256 e. The van der Waals surface area contributed by atoms with Gasteiger partial charge < -0.3 is 10.1 Å². The number of nitriles is 1. The Morgan fingerprint density at radius 3 is 3.11 bits per heavy atom. The van der Waals surface area contributed by atoms with E-state index in [0.29, 0.717) is 17.1 Å². The van der Waals surface area contributed by atoms with Crippen molar-refractivity contribution in [1.29, 1.82) is 5.26 Å². The maximum absolute atomic E-state index is 12.0. The molecule has 0 bridgehead atoms. The SMILES string of the molecule is COc1cccc(C(=O)Nc2ccn(CC#N)n2)c1. The third-order valence-corrected chi connectivity index (χ3v) is 2.45. The van der Waals surface area contributed by atoms with Gasteiger partial charge in [-0.05, 0) is 18.2 Å². The van der Waals surface area contributed by atoms with E-state index in [4.69, 9.17) is 10.00 Å². The van der Waals surface area contributed by atoms with E-state index in [1.165, 1.54) is 4.68 Å². The van der Waals surface area contributed by atoms with E-state index < -0.39 is 0 Å². The van der Waals surface area contributed by atoms with Crippen LogP contribution in [0.15, 0.2) is 36.5 Å². The van der Waals surface area contributed by atoms with Crippen LogP contribution in [-0.2, 0) is 6.54 Å². The van der Waals surface area contributed by atoms with E-state index in [1.807, 2.05) is 6.07 Å². The van der Waals surface area contributed by atoms with Gasteiger partial charge in [0.2, 0.25) is 0 Å². The Bertz CT molecular complexity index is 628. The molecule has 1 N–H and O–H groups in total. The number of anilines is 1. The number of benzene rings is 1. The molecule has 0 aliphatic carbocycles. The van der Waals surface area contributed by atoms with E-state index >= 15 is 0 Å². The topological polar surface area (TPSA) is 79.9 Å². The largest absolute Gasteiger partial charge is 0.497 e. The molecule has 96 valence electrons. The van der Waals surface area contributed by atoms with Crippen LogP contribution in [0.1, 0.15) is 10.4 Å². The number of carbonyl (C=O) groups is 1. The molecular weight excluding hydrogens is 244 g/mol. The summed E-state index contributed by atoms with van der Waals surface area (Å²) in [6.07, 6.45) is 1.63.